The summed E-state index contributed by atoms with van der Waals surface area (Å²) in [4.78, 5) is 13.7. The molecule has 1 unspecified atom stereocenters. The van der Waals surface area contributed by atoms with Gasteiger partial charge in [-0.2, -0.15) is 4.40 Å². The Morgan fingerprint density at radius 1 is 1.00 bits per heavy atom. The van der Waals surface area contributed by atoms with Gasteiger partial charge in [-0.05, 0) is 70.0 Å². The number of carbonyl (C=O) groups is 1. The minimum atomic E-state index is -4.25. The Morgan fingerprint density at radius 2 is 1.69 bits per heavy atom. The lowest BCUT2D eigenvalue weighted by molar-refractivity contribution is 0.0519. The maximum Gasteiger partial charge on any atom is 0.356 e. The maximum absolute atomic E-state index is 14.2. The zero-order chi connectivity index (χ0) is 30.5. The number of esters is 1. The van der Waals surface area contributed by atoms with E-state index in [9.17, 15) is 17.4 Å². The van der Waals surface area contributed by atoms with Gasteiger partial charge >= 0.3 is 5.97 Å². The first-order valence-corrected chi connectivity index (χ1v) is 16.4. The molecule has 1 atom stereocenters. The highest BCUT2D eigenvalue weighted by Gasteiger charge is 2.33. The van der Waals surface area contributed by atoms with E-state index in [0.29, 0.717) is 39.9 Å². The van der Waals surface area contributed by atoms with E-state index in [4.69, 9.17) is 9.47 Å². The van der Waals surface area contributed by atoms with E-state index >= 15 is 0 Å². The van der Waals surface area contributed by atoms with Crippen molar-refractivity contribution in [3.05, 3.63) is 84.1 Å². The molecule has 0 saturated carbocycles. The fourth-order valence-corrected chi connectivity index (χ4v) is 6.43. The molecule has 1 aromatic heterocycles. The molecular formula is C32H36N2O6S2. The number of fused-ring (bicyclic) bond motifs is 1. The zero-order valence-electron chi connectivity index (χ0n) is 24.5. The predicted octanol–water partition coefficient (Wildman–Crippen LogP) is 6.78. The number of hydrogen-bond acceptors (Lipinski definition) is 6. The van der Waals surface area contributed by atoms with Gasteiger partial charge in [-0.3, -0.25) is 0 Å². The summed E-state index contributed by atoms with van der Waals surface area (Å²) < 4.78 is 57.3. The number of rotatable bonds is 11. The number of aromatic nitrogens is 1. The van der Waals surface area contributed by atoms with E-state index in [1.54, 1.807) is 67.6 Å². The first-order chi connectivity index (χ1) is 20.0. The minimum Gasteiger partial charge on any atom is -0.494 e. The first-order valence-electron chi connectivity index (χ1n) is 13.8. The quantitative estimate of drug-likeness (QED) is 0.106. The van der Waals surface area contributed by atoms with E-state index in [1.165, 1.54) is 18.3 Å². The smallest absolute Gasteiger partial charge is 0.356 e. The summed E-state index contributed by atoms with van der Waals surface area (Å²) >= 11 is 0. The molecule has 10 heteroatoms. The van der Waals surface area contributed by atoms with Crippen LogP contribution in [0.5, 0.6) is 5.75 Å². The molecule has 0 fully saturated rings. The van der Waals surface area contributed by atoms with Crippen molar-refractivity contribution >= 4 is 44.1 Å². The summed E-state index contributed by atoms with van der Waals surface area (Å²) in [6.45, 7) is 9.75. The average Bonchev–Trinajstić information content (AvgIpc) is 3.31. The Bertz CT molecular complexity index is 1740. The highest BCUT2D eigenvalue weighted by Crippen LogP contribution is 2.40. The second kappa shape index (κ2) is 13.0. The molecule has 4 rings (SSSR count). The number of carbonyl (C=O) groups excluding carboxylic acids is 1. The molecule has 0 spiro atoms. The molecule has 0 amide bonds. The maximum atomic E-state index is 14.2. The molecule has 3 aromatic carbocycles. The largest absolute Gasteiger partial charge is 0.494 e. The van der Waals surface area contributed by atoms with Gasteiger partial charge < -0.3 is 9.47 Å². The van der Waals surface area contributed by atoms with Crippen LogP contribution in [-0.2, 0) is 25.7 Å². The molecule has 0 aliphatic heterocycles. The number of hydrogen-bond donors (Lipinski definition) is 0. The van der Waals surface area contributed by atoms with Crippen molar-refractivity contribution in [2.45, 2.75) is 57.1 Å². The van der Waals surface area contributed by atoms with Crippen molar-refractivity contribution in [1.82, 2.24) is 3.97 Å². The lowest BCUT2D eigenvalue weighted by Gasteiger charge is -2.14. The summed E-state index contributed by atoms with van der Waals surface area (Å²) in [5.41, 5.74) is 1.61. The number of ether oxygens (including phenoxy) is 2. The molecule has 0 radical (unpaired) electrons. The molecule has 0 N–H and O–H groups in total. The van der Waals surface area contributed by atoms with E-state index in [-0.39, 0.29) is 17.2 Å². The number of nitrogens with zero attached hydrogens (tertiary/aromatic N) is 2. The summed E-state index contributed by atoms with van der Waals surface area (Å²) in [6, 6.07) is 20.2. The van der Waals surface area contributed by atoms with Gasteiger partial charge in [0.15, 0.2) is 5.69 Å². The summed E-state index contributed by atoms with van der Waals surface area (Å²) in [6.07, 6.45) is 3.31. The number of unbranched alkanes of at least 4 members (excludes halogenated alkanes) is 1. The highest BCUT2D eigenvalue weighted by atomic mass is 32.2. The van der Waals surface area contributed by atoms with E-state index < -0.39 is 31.7 Å². The SMILES string of the molecule is CCCCOc1ccc2c(c1)c(-c1ccccc1C=NS(=O)C(C)(C)C)c(C(=O)OCC)n2S(=O)(=O)c1ccccc1. The Kier molecular flexibility index (Phi) is 9.68. The van der Waals surface area contributed by atoms with Gasteiger partial charge in [-0.1, -0.05) is 55.8 Å². The Labute approximate surface area is 250 Å². The topological polar surface area (TPSA) is 104 Å². The number of benzene rings is 3. The van der Waals surface area contributed by atoms with Crippen molar-refractivity contribution < 1.29 is 26.9 Å². The van der Waals surface area contributed by atoms with Crippen LogP contribution in [0.2, 0.25) is 0 Å². The zero-order valence-corrected chi connectivity index (χ0v) is 26.1. The summed E-state index contributed by atoms with van der Waals surface area (Å²) in [5, 5.41) is 0.490. The van der Waals surface area contributed by atoms with Crippen LogP contribution in [0.3, 0.4) is 0 Å². The van der Waals surface area contributed by atoms with Gasteiger partial charge in [0, 0.05) is 22.7 Å². The lowest BCUT2D eigenvalue weighted by atomic mass is 9.97. The molecule has 222 valence electrons. The van der Waals surface area contributed by atoms with E-state index in [2.05, 4.69) is 11.3 Å². The molecule has 0 aliphatic rings. The fourth-order valence-electron chi connectivity index (χ4n) is 4.37. The van der Waals surface area contributed by atoms with Crippen LogP contribution >= 0.6 is 0 Å². The molecule has 0 bridgehead atoms. The second-order valence-electron chi connectivity index (χ2n) is 10.6. The first kappa shape index (κ1) is 31.2. The summed E-state index contributed by atoms with van der Waals surface area (Å²) in [7, 11) is -5.78. The van der Waals surface area contributed by atoms with Crippen LogP contribution in [-0.4, -0.2) is 46.7 Å². The van der Waals surface area contributed by atoms with Crippen molar-refractivity contribution in [2.75, 3.05) is 13.2 Å². The predicted molar refractivity (Wildman–Crippen MR) is 168 cm³/mol. The Balaban J connectivity index is 2.10. The van der Waals surface area contributed by atoms with E-state index in [1.807, 2.05) is 20.8 Å². The van der Waals surface area contributed by atoms with Crippen molar-refractivity contribution in [3.8, 4) is 16.9 Å². The fraction of sp³-hybridized carbons (Fsp3) is 0.312. The Morgan fingerprint density at radius 3 is 2.36 bits per heavy atom. The molecule has 1 heterocycles. The molecular weight excluding hydrogens is 572 g/mol. The normalized spacial score (nSPS) is 13.0. The van der Waals surface area contributed by atoms with Gasteiger partial charge in [0.1, 0.15) is 16.7 Å². The van der Waals surface area contributed by atoms with Crippen LogP contribution < -0.4 is 4.74 Å². The third kappa shape index (κ3) is 6.50. The molecule has 0 saturated heterocycles. The monoisotopic (exact) mass is 608 g/mol. The minimum absolute atomic E-state index is 0.0256. The van der Waals surface area contributed by atoms with Crippen LogP contribution in [0.4, 0.5) is 0 Å². The molecule has 4 aromatic rings. The highest BCUT2D eigenvalue weighted by molar-refractivity contribution is 7.90. The second-order valence-corrected chi connectivity index (χ2v) is 14.3. The van der Waals surface area contributed by atoms with Gasteiger partial charge in [0.05, 0.1) is 28.4 Å². The van der Waals surface area contributed by atoms with Crippen molar-refractivity contribution in [2.24, 2.45) is 4.40 Å². The molecule has 42 heavy (non-hydrogen) atoms. The van der Waals surface area contributed by atoms with Gasteiger partial charge in [0.25, 0.3) is 10.0 Å². The van der Waals surface area contributed by atoms with Crippen molar-refractivity contribution in [1.29, 1.82) is 0 Å². The molecule has 0 aliphatic carbocycles. The van der Waals surface area contributed by atoms with E-state index in [0.717, 1.165) is 16.8 Å². The standard InChI is InChI=1S/C32H36N2O6S2/c1-6-8-20-40-24-18-19-28-27(21-24)29(26-17-13-12-14-23(26)22-33-41(36)32(3,4)5)30(31(35)39-7-2)34(28)42(37,38)25-15-10-9-11-16-25/h9-19,21-22H,6-8,20H2,1-5H3. The molecule has 8 nitrogen and oxygen atoms in total. The van der Waals surface area contributed by atoms with Gasteiger partial charge in [0.2, 0.25) is 0 Å². The van der Waals surface area contributed by atoms with Crippen LogP contribution in [0.1, 0.15) is 63.5 Å². The summed E-state index contributed by atoms with van der Waals surface area (Å²) in [5.74, 6) is -0.247. The Hall–Kier alpha value is -3.76. The van der Waals surface area contributed by atoms with Gasteiger partial charge in [-0.25, -0.2) is 21.4 Å². The van der Waals surface area contributed by atoms with Crippen LogP contribution in [0.25, 0.3) is 22.0 Å². The third-order valence-electron chi connectivity index (χ3n) is 6.45. The van der Waals surface area contributed by atoms with Crippen LogP contribution in [0.15, 0.2) is 82.1 Å². The lowest BCUT2D eigenvalue weighted by Crippen LogP contribution is -2.20. The third-order valence-corrected chi connectivity index (χ3v) is 9.53. The average molecular weight is 609 g/mol. The van der Waals surface area contributed by atoms with Crippen molar-refractivity contribution in [3.63, 3.8) is 0 Å². The van der Waals surface area contributed by atoms with Gasteiger partial charge in [-0.15, -0.1) is 0 Å². The van der Waals surface area contributed by atoms with Crippen LogP contribution in [0, 0.1) is 0 Å².